The third-order valence-corrected chi connectivity index (χ3v) is 5.25. The summed E-state index contributed by atoms with van der Waals surface area (Å²) in [6.07, 6.45) is 2.22. The number of hydrogen-bond acceptors (Lipinski definition) is 3. The topological polar surface area (TPSA) is 57.5 Å². The summed E-state index contributed by atoms with van der Waals surface area (Å²) in [5, 5.41) is 13.2. The summed E-state index contributed by atoms with van der Waals surface area (Å²) in [6.45, 7) is 1.21. The van der Waals surface area contributed by atoms with E-state index in [1.165, 1.54) is 6.07 Å². The van der Waals surface area contributed by atoms with Crippen molar-refractivity contribution in [3.8, 4) is 0 Å². The number of aliphatic hydroxyl groups is 1. The zero-order chi connectivity index (χ0) is 18.7. The maximum absolute atomic E-state index is 14.0. The van der Waals surface area contributed by atoms with Crippen LogP contribution >= 0.6 is 0 Å². The fourth-order valence-electron chi connectivity index (χ4n) is 3.83. The molecular weight excluding hydrogens is 333 g/mol. The van der Waals surface area contributed by atoms with Gasteiger partial charge in [0.2, 0.25) is 0 Å². The smallest absolute Gasteiger partial charge is 0.267 e. The average Bonchev–Trinajstić information content (AvgIpc) is 3.03. The Hall–Kier alpha value is -2.18. The first-order valence-corrected chi connectivity index (χ1v) is 9.07. The van der Waals surface area contributed by atoms with Gasteiger partial charge in [0, 0.05) is 31.9 Å². The van der Waals surface area contributed by atoms with Gasteiger partial charge in [0.15, 0.2) is 0 Å². The summed E-state index contributed by atoms with van der Waals surface area (Å²) < 4.78 is 15.9. The number of carbonyl (C=O) groups excluding carboxylic acids is 1. The highest BCUT2D eigenvalue weighted by molar-refractivity contribution is 5.92. The molecule has 0 saturated carbocycles. The van der Waals surface area contributed by atoms with Gasteiger partial charge in [-0.15, -0.1) is 0 Å². The summed E-state index contributed by atoms with van der Waals surface area (Å²) in [6, 6.07) is 10.3. The Morgan fingerprint density at radius 3 is 2.81 bits per heavy atom. The lowest BCUT2D eigenvalue weighted by atomic mass is 9.97. The van der Waals surface area contributed by atoms with E-state index in [9.17, 15) is 14.3 Å². The summed E-state index contributed by atoms with van der Waals surface area (Å²) in [5.41, 5.74) is 1.99. The normalized spacial score (nSPS) is 19.3. The van der Waals surface area contributed by atoms with Crippen molar-refractivity contribution < 1.29 is 14.3 Å². The maximum Gasteiger partial charge on any atom is 0.267 e. The molecule has 0 unspecified atom stereocenters. The Balaban J connectivity index is 1.82. The van der Waals surface area contributed by atoms with Crippen LogP contribution < -0.4 is 5.32 Å². The molecule has 1 fully saturated rings. The van der Waals surface area contributed by atoms with Crippen LogP contribution in [0.2, 0.25) is 0 Å². The van der Waals surface area contributed by atoms with Gasteiger partial charge in [-0.1, -0.05) is 24.6 Å². The van der Waals surface area contributed by atoms with Crippen LogP contribution in [0.1, 0.15) is 53.2 Å². The molecule has 0 radical (unpaired) electrons. The van der Waals surface area contributed by atoms with Gasteiger partial charge >= 0.3 is 0 Å². The van der Waals surface area contributed by atoms with Crippen molar-refractivity contribution in [1.29, 1.82) is 0 Å². The first kappa shape index (κ1) is 18.6. The largest absolute Gasteiger partial charge is 0.387 e. The van der Waals surface area contributed by atoms with E-state index in [1.807, 2.05) is 23.7 Å². The van der Waals surface area contributed by atoms with E-state index in [2.05, 4.69) is 10.2 Å². The van der Waals surface area contributed by atoms with Gasteiger partial charge in [-0.05, 0) is 37.6 Å². The number of aromatic nitrogens is 1. The number of nitrogens with one attached hydrogen (secondary N) is 1. The number of carbonyl (C=O) groups is 1. The van der Waals surface area contributed by atoms with Crippen molar-refractivity contribution >= 4 is 5.91 Å². The van der Waals surface area contributed by atoms with Crippen LogP contribution in [-0.2, 0) is 7.05 Å². The minimum Gasteiger partial charge on any atom is -0.387 e. The molecule has 26 heavy (non-hydrogen) atoms. The number of rotatable bonds is 5. The molecule has 1 aliphatic rings. The van der Waals surface area contributed by atoms with E-state index >= 15 is 0 Å². The molecule has 1 aromatic carbocycles. The second-order valence-electron chi connectivity index (χ2n) is 6.83. The van der Waals surface area contributed by atoms with Gasteiger partial charge in [-0.25, -0.2) is 4.39 Å². The van der Waals surface area contributed by atoms with Crippen molar-refractivity contribution in [1.82, 2.24) is 14.8 Å². The fourth-order valence-corrected chi connectivity index (χ4v) is 3.83. The number of nitrogens with zero attached hydrogens (tertiary/aromatic N) is 2. The molecule has 1 amide bonds. The Morgan fingerprint density at radius 1 is 1.31 bits per heavy atom. The summed E-state index contributed by atoms with van der Waals surface area (Å²) in [7, 11) is 3.51. The van der Waals surface area contributed by atoms with E-state index in [0.29, 0.717) is 17.8 Å². The molecule has 140 valence electrons. The van der Waals surface area contributed by atoms with Crippen molar-refractivity contribution in [3.05, 3.63) is 59.2 Å². The lowest BCUT2D eigenvalue weighted by Crippen LogP contribution is -2.37. The quantitative estimate of drug-likeness (QED) is 0.863. The Bertz CT molecular complexity index is 774. The molecule has 0 bridgehead atoms. The van der Waals surface area contributed by atoms with Crippen molar-refractivity contribution in [2.24, 2.45) is 7.05 Å². The third kappa shape index (κ3) is 3.66. The van der Waals surface area contributed by atoms with Gasteiger partial charge < -0.3 is 15.0 Å². The van der Waals surface area contributed by atoms with Gasteiger partial charge in [-0.3, -0.25) is 9.69 Å². The SMILES string of the molecule is CNC(=O)c1ccc([C@H]2CCCCN2C[C@@H](O)c2ccccc2F)n1C. The van der Waals surface area contributed by atoms with Gasteiger partial charge in [-0.2, -0.15) is 0 Å². The predicted octanol–water partition coefficient (Wildman–Crippen LogP) is 2.78. The summed E-state index contributed by atoms with van der Waals surface area (Å²) in [4.78, 5) is 14.2. The van der Waals surface area contributed by atoms with E-state index < -0.39 is 6.10 Å². The zero-order valence-electron chi connectivity index (χ0n) is 15.3. The number of benzene rings is 1. The average molecular weight is 359 g/mol. The molecule has 1 aliphatic heterocycles. The van der Waals surface area contributed by atoms with Crippen LogP contribution in [0.4, 0.5) is 4.39 Å². The second-order valence-corrected chi connectivity index (χ2v) is 6.83. The van der Waals surface area contributed by atoms with Crippen LogP contribution in [0.5, 0.6) is 0 Å². The highest BCUT2D eigenvalue weighted by Crippen LogP contribution is 2.33. The number of aliphatic hydroxyl groups excluding tert-OH is 1. The van der Waals surface area contributed by atoms with E-state index in [4.69, 9.17) is 0 Å². The molecule has 2 atom stereocenters. The molecule has 2 N–H and O–H groups in total. The molecule has 3 rings (SSSR count). The third-order valence-electron chi connectivity index (χ3n) is 5.25. The van der Waals surface area contributed by atoms with Crippen LogP contribution in [0.3, 0.4) is 0 Å². The Kier molecular flexibility index (Phi) is 5.74. The molecule has 2 heterocycles. The van der Waals surface area contributed by atoms with Gasteiger partial charge in [0.25, 0.3) is 5.91 Å². The first-order chi connectivity index (χ1) is 12.5. The highest BCUT2D eigenvalue weighted by Gasteiger charge is 2.29. The lowest BCUT2D eigenvalue weighted by Gasteiger charge is -2.37. The first-order valence-electron chi connectivity index (χ1n) is 9.07. The van der Waals surface area contributed by atoms with Gasteiger partial charge in [0.05, 0.1) is 12.1 Å². The van der Waals surface area contributed by atoms with Crippen LogP contribution in [0.25, 0.3) is 0 Å². The predicted molar refractivity (Wildman–Crippen MR) is 98.3 cm³/mol. The summed E-state index contributed by atoms with van der Waals surface area (Å²) in [5.74, 6) is -0.498. The second kappa shape index (κ2) is 8.01. The maximum atomic E-state index is 14.0. The standard InChI is InChI=1S/C20H26FN3O2/c1-22-20(26)18-11-10-16(23(18)2)17-9-5-6-12-24(17)13-19(25)14-7-3-4-8-15(14)21/h3-4,7-8,10-11,17,19,25H,5-6,9,12-13H2,1-2H3,(H,22,26)/t17-,19-/m1/s1. The number of piperidine rings is 1. The lowest BCUT2D eigenvalue weighted by molar-refractivity contribution is 0.0623. The number of amides is 1. The number of likely N-dealkylation sites (tertiary alicyclic amines) is 1. The zero-order valence-corrected chi connectivity index (χ0v) is 15.3. The minimum absolute atomic E-state index is 0.105. The molecule has 1 aromatic heterocycles. The number of halogens is 1. The monoisotopic (exact) mass is 359 g/mol. The van der Waals surface area contributed by atoms with Crippen LogP contribution in [0, 0.1) is 5.82 Å². The molecule has 5 nitrogen and oxygen atoms in total. The summed E-state index contributed by atoms with van der Waals surface area (Å²) >= 11 is 0. The minimum atomic E-state index is -0.879. The van der Waals surface area contributed by atoms with Crippen molar-refractivity contribution in [2.75, 3.05) is 20.1 Å². The van der Waals surface area contributed by atoms with Gasteiger partial charge in [0.1, 0.15) is 11.5 Å². The van der Waals surface area contributed by atoms with E-state index in [1.54, 1.807) is 25.2 Å². The molecule has 6 heteroatoms. The molecule has 1 saturated heterocycles. The number of β-amino-alcohol motifs (C(OH)–C–C–N with tert-alkyl or cyclic N) is 1. The number of hydrogen-bond donors (Lipinski definition) is 2. The van der Waals surface area contributed by atoms with Crippen LogP contribution in [0.15, 0.2) is 36.4 Å². The molecule has 0 spiro atoms. The Morgan fingerprint density at radius 2 is 2.08 bits per heavy atom. The van der Waals surface area contributed by atoms with Crippen molar-refractivity contribution in [2.45, 2.75) is 31.4 Å². The van der Waals surface area contributed by atoms with E-state index in [-0.39, 0.29) is 17.8 Å². The molecular formula is C20H26FN3O2. The van der Waals surface area contributed by atoms with Crippen LogP contribution in [-0.4, -0.2) is 40.6 Å². The molecule has 0 aliphatic carbocycles. The van der Waals surface area contributed by atoms with E-state index in [0.717, 1.165) is 31.5 Å². The highest BCUT2D eigenvalue weighted by atomic mass is 19.1. The fraction of sp³-hybridized carbons (Fsp3) is 0.450. The van der Waals surface area contributed by atoms with Crippen molar-refractivity contribution in [3.63, 3.8) is 0 Å². The molecule has 2 aromatic rings. The Labute approximate surface area is 153 Å².